The second-order valence-electron chi connectivity index (χ2n) is 6.03. The van der Waals surface area contributed by atoms with Crippen LogP contribution in [-0.2, 0) is 4.74 Å². The van der Waals surface area contributed by atoms with Crippen LogP contribution in [0.5, 0.6) is 0 Å². The zero-order chi connectivity index (χ0) is 14.4. The van der Waals surface area contributed by atoms with Gasteiger partial charge in [0.05, 0.1) is 6.26 Å². The fourth-order valence-corrected chi connectivity index (χ4v) is 3.04. The summed E-state index contributed by atoms with van der Waals surface area (Å²) < 4.78 is 10.6. The van der Waals surface area contributed by atoms with E-state index in [-0.39, 0.29) is 6.04 Å². The minimum Gasteiger partial charge on any atom is -0.467 e. The highest BCUT2D eigenvalue weighted by Gasteiger charge is 2.19. The summed E-state index contributed by atoms with van der Waals surface area (Å²) in [5, 5.41) is 13.6. The number of nitrogens with one attached hydrogen (secondary N) is 1. The molecule has 0 aromatic carbocycles. The van der Waals surface area contributed by atoms with E-state index in [0.29, 0.717) is 18.2 Å². The van der Waals surface area contributed by atoms with Crippen LogP contribution in [-0.4, -0.2) is 30.4 Å². The van der Waals surface area contributed by atoms with Crippen LogP contribution in [0.2, 0.25) is 0 Å². The van der Waals surface area contributed by atoms with Crippen molar-refractivity contribution in [2.75, 3.05) is 13.2 Å². The molecule has 2 heterocycles. The topological polar surface area (TPSA) is 54.6 Å². The Morgan fingerprint density at radius 2 is 2.05 bits per heavy atom. The summed E-state index contributed by atoms with van der Waals surface area (Å²) in [4.78, 5) is 0. The maximum Gasteiger partial charge on any atom is 0.132 e. The molecular weight excluding hydrogens is 254 g/mol. The molecule has 0 radical (unpaired) electrons. The molecular formula is C16H27NO3. The highest BCUT2D eigenvalue weighted by atomic mass is 16.5. The third-order valence-corrected chi connectivity index (χ3v) is 4.05. The van der Waals surface area contributed by atoms with Crippen LogP contribution in [0.25, 0.3) is 0 Å². The molecule has 3 unspecified atom stereocenters. The molecule has 2 rings (SSSR count). The van der Waals surface area contributed by atoms with E-state index in [1.807, 2.05) is 12.1 Å². The normalized spacial score (nSPS) is 21.6. The second kappa shape index (κ2) is 7.81. The molecule has 1 aromatic rings. The Hall–Kier alpha value is -0.840. The molecule has 0 bridgehead atoms. The molecule has 1 saturated heterocycles. The first kappa shape index (κ1) is 15.5. The molecule has 0 amide bonds. The summed E-state index contributed by atoms with van der Waals surface area (Å²) >= 11 is 0. The lowest BCUT2D eigenvalue weighted by Crippen LogP contribution is -2.37. The number of hydrogen-bond donors (Lipinski definition) is 2. The number of furan rings is 1. The molecule has 0 aliphatic carbocycles. The molecule has 4 heteroatoms. The van der Waals surface area contributed by atoms with Crippen LogP contribution in [0.3, 0.4) is 0 Å². The van der Waals surface area contributed by atoms with E-state index in [1.54, 1.807) is 6.26 Å². The van der Waals surface area contributed by atoms with Gasteiger partial charge < -0.3 is 19.6 Å². The maximum atomic E-state index is 10.1. The SMILES string of the molecule is CC(CC1CCOCC1)NC(C)CC(O)c1ccco1. The average Bonchev–Trinajstić information content (AvgIpc) is 2.93. The lowest BCUT2D eigenvalue weighted by Gasteiger charge is -2.27. The summed E-state index contributed by atoms with van der Waals surface area (Å²) in [6, 6.07) is 4.37. The quantitative estimate of drug-likeness (QED) is 0.807. The lowest BCUT2D eigenvalue weighted by atomic mass is 9.92. The van der Waals surface area contributed by atoms with Crippen molar-refractivity contribution in [3.8, 4) is 0 Å². The van der Waals surface area contributed by atoms with Gasteiger partial charge in [0, 0.05) is 25.3 Å². The first-order chi connectivity index (χ1) is 9.65. The van der Waals surface area contributed by atoms with E-state index < -0.39 is 6.10 Å². The average molecular weight is 281 g/mol. The molecule has 1 aliphatic rings. The molecule has 1 aromatic heterocycles. The number of hydrogen-bond acceptors (Lipinski definition) is 4. The van der Waals surface area contributed by atoms with Gasteiger partial charge in [-0.3, -0.25) is 0 Å². The van der Waals surface area contributed by atoms with Crippen molar-refractivity contribution in [2.45, 2.75) is 57.7 Å². The fourth-order valence-electron chi connectivity index (χ4n) is 3.04. The number of aliphatic hydroxyl groups excluding tert-OH is 1. The van der Waals surface area contributed by atoms with Gasteiger partial charge in [0.1, 0.15) is 11.9 Å². The van der Waals surface area contributed by atoms with Gasteiger partial charge in [0.15, 0.2) is 0 Å². The van der Waals surface area contributed by atoms with Crippen molar-refractivity contribution >= 4 is 0 Å². The Balaban J connectivity index is 1.68. The minimum absolute atomic E-state index is 0.268. The van der Waals surface area contributed by atoms with E-state index in [1.165, 1.54) is 19.3 Å². The van der Waals surface area contributed by atoms with Gasteiger partial charge >= 0.3 is 0 Å². The van der Waals surface area contributed by atoms with Crippen LogP contribution < -0.4 is 5.32 Å². The van der Waals surface area contributed by atoms with Crippen molar-refractivity contribution in [1.29, 1.82) is 0 Å². The van der Waals surface area contributed by atoms with Gasteiger partial charge in [-0.05, 0) is 57.6 Å². The van der Waals surface area contributed by atoms with Gasteiger partial charge in [-0.1, -0.05) is 0 Å². The Kier molecular flexibility index (Phi) is 6.07. The first-order valence-electron chi connectivity index (χ1n) is 7.70. The largest absolute Gasteiger partial charge is 0.467 e. The van der Waals surface area contributed by atoms with Gasteiger partial charge in [-0.15, -0.1) is 0 Å². The third-order valence-electron chi connectivity index (χ3n) is 4.05. The standard InChI is InChI=1S/C16H27NO3/c1-12(10-14-5-8-19-9-6-14)17-13(2)11-15(18)16-4-3-7-20-16/h3-4,7,12-15,17-18H,5-6,8-11H2,1-2H3. The summed E-state index contributed by atoms with van der Waals surface area (Å²) in [7, 11) is 0. The fraction of sp³-hybridized carbons (Fsp3) is 0.750. The number of rotatable bonds is 7. The van der Waals surface area contributed by atoms with Crippen LogP contribution in [0, 0.1) is 5.92 Å². The Morgan fingerprint density at radius 3 is 2.70 bits per heavy atom. The molecule has 20 heavy (non-hydrogen) atoms. The molecule has 1 fully saturated rings. The predicted octanol–water partition coefficient (Wildman–Crippen LogP) is 2.89. The summed E-state index contributed by atoms with van der Waals surface area (Å²) in [5.74, 6) is 1.42. The first-order valence-corrected chi connectivity index (χ1v) is 7.70. The van der Waals surface area contributed by atoms with Gasteiger partial charge in [0.25, 0.3) is 0 Å². The van der Waals surface area contributed by atoms with Crippen LogP contribution >= 0.6 is 0 Å². The number of ether oxygens (including phenoxy) is 1. The number of aliphatic hydroxyl groups is 1. The van der Waals surface area contributed by atoms with Crippen molar-refractivity contribution in [1.82, 2.24) is 5.32 Å². The molecule has 0 saturated carbocycles. The van der Waals surface area contributed by atoms with E-state index in [9.17, 15) is 5.11 Å². The molecule has 0 spiro atoms. The monoisotopic (exact) mass is 281 g/mol. The van der Waals surface area contributed by atoms with E-state index >= 15 is 0 Å². The highest BCUT2D eigenvalue weighted by molar-refractivity contribution is 5.02. The minimum atomic E-state index is -0.525. The third kappa shape index (κ3) is 4.93. The van der Waals surface area contributed by atoms with Crippen molar-refractivity contribution < 1.29 is 14.3 Å². The zero-order valence-electron chi connectivity index (χ0n) is 12.5. The predicted molar refractivity (Wildman–Crippen MR) is 78.5 cm³/mol. The van der Waals surface area contributed by atoms with Crippen LogP contribution in [0.1, 0.15) is 51.4 Å². The van der Waals surface area contributed by atoms with E-state index in [0.717, 1.165) is 19.1 Å². The van der Waals surface area contributed by atoms with Crippen LogP contribution in [0.4, 0.5) is 0 Å². The Bertz CT molecular complexity index is 360. The van der Waals surface area contributed by atoms with Crippen LogP contribution in [0.15, 0.2) is 22.8 Å². The Morgan fingerprint density at radius 1 is 1.30 bits per heavy atom. The molecule has 1 aliphatic heterocycles. The Labute approximate surface area is 121 Å². The summed E-state index contributed by atoms with van der Waals surface area (Å²) in [6.45, 7) is 6.16. The maximum absolute atomic E-state index is 10.1. The van der Waals surface area contributed by atoms with Crippen molar-refractivity contribution in [3.05, 3.63) is 24.2 Å². The summed E-state index contributed by atoms with van der Waals surface area (Å²) in [6.07, 6.45) is 5.29. The molecule has 2 N–H and O–H groups in total. The lowest BCUT2D eigenvalue weighted by molar-refractivity contribution is 0.0602. The molecule has 114 valence electrons. The second-order valence-corrected chi connectivity index (χ2v) is 6.03. The van der Waals surface area contributed by atoms with Gasteiger partial charge in [0.2, 0.25) is 0 Å². The van der Waals surface area contributed by atoms with Gasteiger partial charge in [-0.2, -0.15) is 0 Å². The zero-order valence-corrected chi connectivity index (χ0v) is 12.5. The highest BCUT2D eigenvalue weighted by Crippen LogP contribution is 2.22. The molecule has 3 atom stereocenters. The summed E-state index contributed by atoms with van der Waals surface area (Å²) in [5.41, 5.74) is 0. The molecule has 4 nitrogen and oxygen atoms in total. The van der Waals surface area contributed by atoms with Gasteiger partial charge in [-0.25, -0.2) is 0 Å². The van der Waals surface area contributed by atoms with E-state index in [2.05, 4.69) is 19.2 Å². The van der Waals surface area contributed by atoms with E-state index in [4.69, 9.17) is 9.15 Å². The van der Waals surface area contributed by atoms with Crippen molar-refractivity contribution in [3.63, 3.8) is 0 Å². The smallest absolute Gasteiger partial charge is 0.132 e. The van der Waals surface area contributed by atoms with Crippen molar-refractivity contribution in [2.24, 2.45) is 5.92 Å².